The van der Waals surface area contributed by atoms with Crippen LogP contribution < -0.4 is 5.32 Å². The smallest absolute Gasteiger partial charge is 0.311 e. The molecule has 2 atom stereocenters. The van der Waals surface area contributed by atoms with Gasteiger partial charge in [-0.1, -0.05) is 0 Å². The summed E-state index contributed by atoms with van der Waals surface area (Å²) in [6.45, 7) is 0.528. The molecule has 1 aromatic heterocycles. The number of rotatable bonds is 3. The van der Waals surface area contributed by atoms with Gasteiger partial charge in [-0.05, 0) is 12.1 Å². The highest BCUT2D eigenvalue weighted by Gasteiger charge is 2.34. The van der Waals surface area contributed by atoms with Crippen LogP contribution in [0.5, 0.6) is 0 Å². The van der Waals surface area contributed by atoms with Crippen LogP contribution in [0.3, 0.4) is 0 Å². The highest BCUT2D eigenvalue weighted by molar-refractivity contribution is 5.72. The average molecular weight is 233 g/mol. The van der Waals surface area contributed by atoms with Crippen LogP contribution in [0.4, 0.5) is 5.82 Å². The summed E-state index contributed by atoms with van der Waals surface area (Å²) >= 11 is 0. The number of aromatic nitrogens is 1. The summed E-state index contributed by atoms with van der Waals surface area (Å²) in [6.07, 6.45) is 1.51. The van der Waals surface area contributed by atoms with Crippen LogP contribution in [-0.4, -0.2) is 35.3 Å². The van der Waals surface area contributed by atoms with Gasteiger partial charge in [0.15, 0.2) is 0 Å². The largest absolute Gasteiger partial charge is 0.481 e. The number of aliphatic carboxylic acids is 1. The number of hydrogen-bond donors (Lipinski definition) is 2. The van der Waals surface area contributed by atoms with Crippen molar-refractivity contribution in [3.05, 3.63) is 23.9 Å². The van der Waals surface area contributed by atoms with Crippen LogP contribution in [0.15, 0.2) is 18.3 Å². The van der Waals surface area contributed by atoms with E-state index in [9.17, 15) is 4.79 Å². The second-order valence-electron chi connectivity index (χ2n) is 3.77. The highest BCUT2D eigenvalue weighted by atomic mass is 16.5. The van der Waals surface area contributed by atoms with E-state index in [0.717, 1.165) is 0 Å². The molecule has 1 aliphatic heterocycles. The average Bonchev–Trinajstić information content (AvgIpc) is 2.77. The zero-order chi connectivity index (χ0) is 12.3. The Morgan fingerprint density at radius 3 is 3.18 bits per heavy atom. The lowest BCUT2D eigenvalue weighted by Crippen LogP contribution is -2.33. The molecule has 0 aliphatic carbocycles. The Morgan fingerprint density at radius 2 is 2.47 bits per heavy atom. The zero-order valence-corrected chi connectivity index (χ0v) is 8.96. The van der Waals surface area contributed by atoms with Crippen LogP contribution in [0.2, 0.25) is 0 Å². The molecule has 88 valence electrons. The molecule has 2 unspecified atom stereocenters. The Hall–Kier alpha value is -2.13. The minimum Gasteiger partial charge on any atom is -0.481 e. The van der Waals surface area contributed by atoms with Crippen molar-refractivity contribution in [2.24, 2.45) is 5.92 Å². The summed E-state index contributed by atoms with van der Waals surface area (Å²) in [5.41, 5.74) is 0.480. The lowest BCUT2D eigenvalue weighted by atomic mass is 10.0. The van der Waals surface area contributed by atoms with Gasteiger partial charge in [-0.2, -0.15) is 5.26 Å². The molecule has 2 rings (SSSR count). The molecular formula is C11H11N3O3. The van der Waals surface area contributed by atoms with Crippen molar-refractivity contribution >= 4 is 11.8 Å². The number of ether oxygens (including phenoxy) is 1. The molecule has 2 heterocycles. The predicted molar refractivity (Wildman–Crippen MR) is 58.3 cm³/mol. The fraction of sp³-hybridized carbons (Fsp3) is 0.364. The van der Waals surface area contributed by atoms with Gasteiger partial charge >= 0.3 is 5.97 Å². The summed E-state index contributed by atoms with van der Waals surface area (Å²) in [5, 5.41) is 20.7. The van der Waals surface area contributed by atoms with Gasteiger partial charge in [0, 0.05) is 6.20 Å². The number of pyridine rings is 1. The van der Waals surface area contributed by atoms with E-state index in [1.165, 1.54) is 6.20 Å². The number of nitriles is 1. The Bertz CT molecular complexity index is 469. The van der Waals surface area contributed by atoms with Gasteiger partial charge in [0.1, 0.15) is 11.7 Å². The second kappa shape index (κ2) is 4.80. The number of carbonyl (C=O) groups is 1. The van der Waals surface area contributed by atoms with E-state index < -0.39 is 11.9 Å². The fourth-order valence-electron chi connectivity index (χ4n) is 1.71. The van der Waals surface area contributed by atoms with Crippen LogP contribution in [-0.2, 0) is 9.53 Å². The van der Waals surface area contributed by atoms with Crippen molar-refractivity contribution in [2.45, 2.75) is 6.04 Å². The third-order valence-electron chi connectivity index (χ3n) is 2.62. The molecule has 0 radical (unpaired) electrons. The van der Waals surface area contributed by atoms with E-state index >= 15 is 0 Å². The summed E-state index contributed by atoms with van der Waals surface area (Å²) in [4.78, 5) is 15.0. The van der Waals surface area contributed by atoms with Crippen molar-refractivity contribution in [2.75, 3.05) is 18.5 Å². The monoisotopic (exact) mass is 233 g/mol. The Kier molecular flexibility index (Phi) is 3.21. The first-order valence-corrected chi connectivity index (χ1v) is 5.14. The minimum atomic E-state index is -0.892. The number of carboxylic acid groups (broad SMARTS) is 1. The fourth-order valence-corrected chi connectivity index (χ4v) is 1.71. The lowest BCUT2D eigenvalue weighted by Gasteiger charge is -2.16. The van der Waals surface area contributed by atoms with E-state index in [4.69, 9.17) is 15.1 Å². The van der Waals surface area contributed by atoms with E-state index in [1.807, 2.05) is 6.07 Å². The first-order chi connectivity index (χ1) is 8.20. The normalized spacial score (nSPS) is 23.0. The SMILES string of the molecule is N#Cc1ccnc(NC2COCC2C(=O)O)c1. The summed E-state index contributed by atoms with van der Waals surface area (Å²) < 4.78 is 5.12. The maximum Gasteiger partial charge on any atom is 0.311 e. The van der Waals surface area contributed by atoms with Crippen molar-refractivity contribution in [3.8, 4) is 6.07 Å². The highest BCUT2D eigenvalue weighted by Crippen LogP contribution is 2.18. The maximum absolute atomic E-state index is 10.9. The number of hydrogen-bond acceptors (Lipinski definition) is 5. The zero-order valence-electron chi connectivity index (χ0n) is 8.96. The molecule has 0 saturated carbocycles. The molecule has 6 heteroatoms. The van der Waals surface area contributed by atoms with E-state index in [2.05, 4.69) is 10.3 Å². The van der Waals surface area contributed by atoms with Gasteiger partial charge < -0.3 is 15.2 Å². The van der Waals surface area contributed by atoms with Crippen LogP contribution in [0.25, 0.3) is 0 Å². The first kappa shape index (κ1) is 11.4. The van der Waals surface area contributed by atoms with Crippen LogP contribution in [0.1, 0.15) is 5.56 Å². The number of anilines is 1. The van der Waals surface area contributed by atoms with Gasteiger partial charge in [0.25, 0.3) is 0 Å². The molecule has 2 N–H and O–H groups in total. The Labute approximate surface area is 97.8 Å². The summed E-state index contributed by atoms with van der Waals surface area (Å²) in [6, 6.07) is 4.86. The van der Waals surface area contributed by atoms with E-state index in [0.29, 0.717) is 18.0 Å². The van der Waals surface area contributed by atoms with Crippen molar-refractivity contribution in [3.63, 3.8) is 0 Å². The number of carboxylic acids is 1. The quantitative estimate of drug-likeness (QED) is 0.787. The molecule has 0 aromatic carbocycles. The first-order valence-electron chi connectivity index (χ1n) is 5.14. The van der Waals surface area contributed by atoms with Gasteiger partial charge in [-0.25, -0.2) is 4.98 Å². The topological polar surface area (TPSA) is 95.2 Å². The van der Waals surface area contributed by atoms with Gasteiger partial charge in [0.2, 0.25) is 0 Å². The molecule has 6 nitrogen and oxygen atoms in total. The van der Waals surface area contributed by atoms with E-state index in [-0.39, 0.29) is 12.6 Å². The molecule has 1 aliphatic rings. The number of nitrogens with one attached hydrogen (secondary N) is 1. The van der Waals surface area contributed by atoms with Gasteiger partial charge in [0.05, 0.1) is 30.9 Å². The van der Waals surface area contributed by atoms with Crippen molar-refractivity contribution < 1.29 is 14.6 Å². The maximum atomic E-state index is 10.9. The molecular weight excluding hydrogens is 222 g/mol. The molecule has 1 aromatic rings. The van der Waals surface area contributed by atoms with Crippen molar-refractivity contribution in [1.29, 1.82) is 5.26 Å². The predicted octanol–water partition coefficient (Wildman–Crippen LogP) is 0.465. The van der Waals surface area contributed by atoms with E-state index in [1.54, 1.807) is 12.1 Å². The lowest BCUT2D eigenvalue weighted by molar-refractivity contribution is -0.141. The molecule has 0 amide bonds. The van der Waals surface area contributed by atoms with Crippen LogP contribution >= 0.6 is 0 Å². The summed E-state index contributed by atoms with van der Waals surface area (Å²) in [7, 11) is 0. The molecule has 1 fully saturated rings. The molecule has 1 saturated heterocycles. The standard InChI is InChI=1S/C11H11N3O3/c12-4-7-1-2-13-10(3-7)14-9-6-17-5-8(9)11(15)16/h1-3,8-9H,5-6H2,(H,13,14)(H,15,16). The Morgan fingerprint density at radius 1 is 1.65 bits per heavy atom. The Balaban J connectivity index is 2.10. The number of nitrogens with zero attached hydrogens (tertiary/aromatic N) is 2. The van der Waals surface area contributed by atoms with Crippen LogP contribution in [0, 0.1) is 17.2 Å². The van der Waals surface area contributed by atoms with Gasteiger partial charge in [-0.3, -0.25) is 4.79 Å². The molecule has 17 heavy (non-hydrogen) atoms. The van der Waals surface area contributed by atoms with Gasteiger partial charge in [-0.15, -0.1) is 0 Å². The molecule has 0 spiro atoms. The minimum absolute atomic E-state index is 0.199. The third kappa shape index (κ3) is 2.52. The second-order valence-corrected chi connectivity index (χ2v) is 3.77. The third-order valence-corrected chi connectivity index (χ3v) is 2.62. The molecule has 0 bridgehead atoms. The summed E-state index contributed by atoms with van der Waals surface area (Å²) in [5.74, 6) is -0.982. The van der Waals surface area contributed by atoms with Crippen molar-refractivity contribution in [1.82, 2.24) is 4.98 Å².